The van der Waals surface area contributed by atoms with Gasteiger partial charge in [0.05, 0.1) is 18.5 Å². The van der Waals surface area contributed by atoms with Gasteiger partial charge in [-0.05, 0) is 42.5 Å². The molecular weight excluding hydrogens is 416 g/mol. The molecule has 172 valence electrons. The highest BCUT2D eigenvalue weighted by Gasteiger charge is 2.62. The Kier molecular flexibility index (Phi) is 5.94. The zero-order valence-corrected chi connectivity index (χ0v) is 19.1. The fourth-order valence-electron chi connectivity index (χ4n) is 5.32. The number of carbonyl (C=O) groups excluding carboxylic acids is 2. The van der Waals surface area contributed by atoms with Gasteiger partial charge in [-0.1, -0.05) is 62.4 Å². The lowest BCUT2D eigenvalue weighted by Gasteiger charge is -2.39. The Hall–Kier alpha value is -3.12. The molecule has 0 spiro atoms. The van der Waals surface area contributed by atoms with Crippen LogP contribution in [0.4, 0.5) is 5.69 Å². The van der Waals surface area contributed by atoms with Gasteiger partial charge in [-0.15, -0.1) is 0 Å². The van der Waals surface area contributed by atoms with Gasteiger partial charge in [-0.3, -0.25) is 19.3 Å². The lowest BCUT2D eigenvalue weighted by Crippen LogP contribution is -2.50. The maximum Gasteiger partial charge on any atom is 0.262 e. The minimum absolute atomic E-state index is 0.180. The van der Waals surface area contributed by atoms with E-state index in [-0.39, 0.29) is 36.4 Å². The smallest absolute Gasteiger partial charge is 0.262 e. The monoisotopic (exact) mass is 446 g/mol. The van der Waals surface area contributed by atoms with Crippen molar-refractivity contribution in [1.29, 1.82) is 0 Å². The van der Waals surface area contributed by atoms with Gasteiger partial charge in [0.15, 0.2) is 6.10 Å². The number of amides is 2. The lowest BCUT2D eigenvalue weighted by atomic mass is 9.80. The summed E-state index contributed by atoms with van der Waals surface area (Å²) in [6.45, 7) is 4.55. The van der Waals surface area contributed by atoms with E-state index >= 15 is 0 Å². The quantitative estimate of drug-likeness (QED) is 0.613. The summed E-state index contributed by atoms with van der Waals surface area (Å²) in [6.07, 6.45) is 3.59. The number of likely N-dealkylation sites (tertiary alicyclic amines) is 1. The number of imide groups is 1. The van der Waals surface area contributed by atoms with Gasteiger partial charge in [-0.2, -0.15) is 0 Å². The Labute approximate surface area is 194 Å². The molecule has 3 heterocycles. The Balaban J connectivity index is 1.50. The zero-order valence-electron chi connectivity index (χ0n) is 19.1. The molecule has 6 heteroatoms. The first-order valence-electron chi connectivity index (χ1n) is 11.9. The Morgan fingerprint density at radius 3 is 2.30 bits per heavy atom. The van der Waals surface area contributed by atoms with Crippen LogP contribution in [0.25, 0.3) is 0 Å². The lowest BCUT2D eigenvalue weighted by molar-refractivity contribution is -0.144. The summed E-state index contributed by atoms with van der Waals surface area (Å²) in [5, 5.41) is 1.77. The number of nitrogens with zero attached hydrogens (tertiary/aromatic N) is 2. The van der Waals surface area contributed by atoms with Crippen molar-refractivity contribution in [2.75, 3.05) is 5.06 Å². The normalized spacial score (nSPS) is 29.2. The van der Waals surface area contributed by atoms with E-state index in [0.717, 1.165) is 30.5 Å². The van der Waals surface area contributed by atoms with E-state index in [4.69, 9.17) is 9.57 Å². The van der Waals surface area contributed by atoms with E-state index in [1.165, 1.54) is 10.5 Å². The van der Waals surface area contributed by atoms with Crippen LogP contribution < -0.4 is 5.06 Å². The van der Waals surface area contributed by atoms with Gasteiger partial charge >= 0.3 is 0 Å². The predicted molar refractivity (Wildman–Crippen MR) is 125 cm³/mol. The van der Waals surface area contributed by atoms with E-state index < -0.39 is 12.0 Å². The van der Waals surface area contributed by atoms with E-state index in [0.29, 0.717) is 0 Å². The number of rotatable bonds is 6. The van der Waals surface area contributed by atoms with Crippen molar-refractivity contribution in [3.63, 3.8) is 0 Å². The minimum atomic E-state index is -0.830. The average molecular weight is 447 g/mol. The van der Waals surface area contributed by atoms with Gasteiger partial charge < -0.3 is 4.74 Å². The molecule has 2 amide bonds. The third kappa shape index (κ3) is 3.82. The molecule has 3 aliphatic rings. The number of anilines is 1. The number of ether oxygens (including phenoxy) is 1. The van der Waals surface area contributed by atoms with Crippen molar-refractivity contribution < 1.29 is 19.2 Å². The van der Waals surface area contributed by atoms with Gasteiger partial charge in [0.25, 0.3) is 5.91 Å². The van der Waals surface area contributed by atoms with E-state index in [1.807, 2.05) is 66.9 Å². The Morgan fingerprint density at radius 2 is 1.64 bits per heavy atom. The van der Waals surface area contributed by atoms with Crippen LogP contribution in [0.2, 0.25) is 0 Å². The largest absolute Gasteiger partial charge is 0.495 e. The highest BCUT2D eigenvalue weighted by molar-refractivity contribution is 6.07. The van der Waals surface area contributed by atoms with Crippen LogP contribution >= 0.6 is 0 Å². The van der Waals surface area contributed by atoms with E-state index in [9.17, 15) is 9.59 Å². The van der Waals surface area contributed by atoms with Crippen LogP contribution in [-0.4, -0.2) is 35.0 Å². The van der Waals surface area contributed by atoms with E-state index in [1.54, 1.807) is 5.06 Å². The van der Waals surface area contributed by atoms with Crippen molar-refractivity contribution in [3.05, 3.63) is 78.1 Å². The van der Waals surface area contributed by atoms with Crippen molar-refractivity contribution >= 4 is 17.5 Å². The van der Waals surface area contributed by atoms with Crippen molar-refractivity contribution in [2.45, 2.75) is 57.9 Å². The maximum atomic E-state index is 13.7. The molecule has 6 nitrogen and oxygen atoms in total. The molecule has 3 aliphatic heterocycles. The highest BCUT2D eigenvalue weighted by Crippen LogP contribution is 2.44. The SMILES string of the molecule is CCC1=CO[C@@H]([C@H]2[C@H]3C(=O)N(Cc4ccccc4)C(=O)[C@@H]3ON2c2ccccc2)[C@@H](CC)C1. The zero-order chi connectivity index (χ0) is 22.9. The molecule has 0 radical (unpaired) electrons. The summed E-state index contributed by atoms with van der Waals surface area (Å²) in [5.41, 5.74) is 3.03. The number of allylic oxidation sites excluding steroid dienone is 1. The van der Waals surface area contributed by atoms with Crippen LogP contribution in [0.15, 0.2) is 72.5 Å². The number of hydroxylamine groups is 1. The first kappa shape index (κ1) is 21.7. The molecule has 0 saturated carbocycles. The van der Waals surface area contributed by atoms with Crippen molar-refractivity contribution in [3.8, 4) is 0 Å². The molecule has 33 heavy (non-hydrogen) atoms. The highest BCUT2D eigenvalue weighted by atomic mass is 16.7. The minimum Gasteiger partial charge on any atom is -0.495 e. The van der Waals surface area contributed by atoms with Gasteiger partial charge in [0.1, 0.15) is 18.1 Å². The first-order chi connectivity index (χ1) is 16.1. The molecule has 0 aromatic heterocycles. The molecule has 0 unspecified atom stereocenters. The molecule has 0 bridgehead atoms. The summed E-state index contributed by atoms with van der Waals surface area (Å²) in [7, 11) is 0. The molecule has 5 atom stereocenters. The van der Waals surface area contributed by atoms with Crippen molar-refractivity contribution in [2.24, 2.45) is 11.8 Å². The van der Waals surface area contributed by atoms with Crippen molar-refractivity contribution in [1.82, 2.24) is 4.90 Å². The second-order valence-corrected chi connectivity index (χ2v) is 9.05. The molecular formula is C27H30N2O4. The van der Waals surface area contributed by atoms with Gasteiger partial charge in [0, 0.05) is 5.92 Å². The predicted octanol–water partition coefficient (Wildman–Crippen LogP) is 4.47. The Bertz CT molecular complexity index is 1040. The van der Waals surface area contributed by atoms with Crippen LogP contribution in [0, 0.1) is 11.8 Å². The number of carbonyl (C=O) groups is 2. The second-order valence-electron chi connectivity index (χ2n) is 9.05. The fraction of sp³-hybridized carbons (Fsp3) is 0.407. The van der Waals surface area contributed by atoms with E-state index in [2.05, 4.69) is 13.8 Å². The Morgan fingerprint density at radius 1 is 0.939 bits per heavy atom. The third-order valence-electron chi connectivity index (χ3n) is 7.14. The second kappa shape index (κ2) is 9.02. The molecule has 2 fully saturated rings. The van der Waals surface area contributed by atoms with Crippen LogP contribution in [0.5, 0.6) is 0 Å². The van der Waals surface area contributed by atoms with Gasteiger partial charge in [-0.25, -0.2) is 5.06 Å². The number of benzene rings is 2. The maximum absolute atomic E-state index is 13.7. The first-order valence-corrected chi connectivity index (χ1v) is 11.9. The van der Waals surface area contributed by atoms with Gasteiger partial charge in [0.2, 0.25) is 5.91 Å². The summed E-state index contributed by atoms with van der Waals surface area (Å²) in [5.74, 6) is -0.807. The summed E-state index contributed by atoms with van der Waals surface area (Å²) >= 11 is 0. The molecule has 2 aromatic carbocycles. The standard InChI is InChI=1S/C27H30N2O4/c1-3-18-15-20(4-2)24(32-17-18)23-22-25(33-29(23)21-13-9-6-10-14-21)27(31)28(26(22)30)16-19-11-7-5-8-12-19/h5-14,17,20,22-25H,3-4,15-16H2,1-2H3/t20-,22+,23+,24+,25+/m0/s1. The topological polar surface area (TPSA) is 59.1 Å². The molecule has 0 N–H and O–H groups in total. The molecule has 2 saturated heterocycles. The molecule has 0 aliphatic carbocycles. The average Bonchev–Trinajstić information content (AvgIpc) is 3.36. The number of hydrogen-bond donors (Lipinski definition) is 0. The summed E-state index contributed by atoms with van der Waals surface area (Å²) < 4.78 is 6.30. The van der Waals surface area contributed by atoms with Crippen LogP contribution in [0.1, 0.15) is 38.7 Å². The summed E-state index contributed by atoms with van der Waals surface area (Å²) in [6, 6.07) is 18.9. The molecule has 2 aromatic rings. The number of fused-ring (bicyclic) bond motifs is 1. The molecule has 5 rings (SSSR count). The van der Waals surface area contributed by atoms with Crippen LogP contribution in [-0.2, 0) is 25.7 Å². The number of hydrogen-bond acceptors (Lipinski definition) is 5. The summed E-state index contributed by atoms with van der Waals surface area (Å²) in [4.78, 5) is 34.6. The van der Waals surface area contributed by atoms with Crippen LogP contribution in [0.3, 0.4) is 0 Å². The fourth-order valence-corrected chi connectivity index (χ4v) is 5.32. The third-order valence-corrected chi connectivity index (χ3v) is 7.14. The number of para-hydroxylation sites is 1.